The molecule has 1 aliphatic heterocycles. The first kappa shape index (κ1) is 11.2. The molecule has 0 radical (unpaired) electrons. The van der Waals surface area contributed by atoms with Crippen molar-refractivity contribution in [2.45, 2.75) is 6.92 Å². The Morgan fingerprint density at radius 2 is 1.35 bits per heavy atom. The summed E-state index contributed by atoms with van der Waals surface area (Å²) in [6.45, 7) is 1.80. The van der Waals surface area contributed by atoms with Gasteiger partial charge in [-0.05, 0) is 29.2 Å². The van der Waals surface area contributed by atoms with Gasteiger partial charge in [-0.2, -0.15) is 4.99 Å². The Kier molecular flexibility index (Phi) is 2.18. The lowest BCUT2D eigenvalue weighted by molar-refractivity contribution is 0.198. The van der Waals surface area contributed by atoms with Crippen LogP contribution in [0, 0.1) is 0 Å². The molecule has 0 atom stereocenters. The van der Waals surface area contributed by atoms with E-state index >= 15 is 0 Å². The highest BCUT2D eigenvalue weighted by molar-refractivity contribution is 6.17. The minimum absolute atomic E-state index is 0.535. The van der Waals surface area contributed by atoms with E-state index in [1.54, 1.807) is 6.92 Å². The topological polar surface area (TPSA) is 38.7 Å². The number of nitrogens with zero attached hydrogens (tertiary/aromatic N) is 1. The van der Waals surface area contributed by atoms with Crippen molar-refractivity contribution in [2.75, 3.05) is 0 Å². The normalized spacial score (nSPS) is 15.8. The Morgan fingerprint density at radius 1 is 0.850 bits per heavy atom. The van der Waals surface area contributed by atoms with Crippen molar-refractivity contribution in [3.63, 3.8) is 0 Å². The second-order valence-corrected chi connectivity index (χ2v) is 4.86. The van der Waals surface area contributed by atoms with Gasteiger partial charge in [-0.1, -0.05) is 48.5 Å². The van der Waals surface area contributed by atoms with Gasteiger partial charge in [0.2, 0.25) is 0 Å². The maximum atomic E-state index is 11.4. The number of carbonyl (C=O) groups is 1. The minimum atomic E-state index is -0.535. The molecule has 3 heteroatoms. The van der Waals surface area contributed by atoms with E-state index in [9.17, 15) is 4.79 Å². The van der Waals surface area contributed by atoms with Crippen LogP contribution in [-0.2, 0) is 4.74 Å². The van der Waals surface area contributed by atoms with E-state index in [0.29, 0.717) is 11.5 Å². The van der Waals surface area contributed by atoms with Crippen LogP contribution in [-0.4, -0.2) is 11.8 Å². The molecule has 2 aromatic rings. The maximum Gasteiger partial charge on any atom is 0.439 e. The van der Waals surface area contributed by atoms with Crippen molar-refractivity contribution < 1.29 is 9.53 Å². The number of carbonyl (C=O) groups excluding carboxylic acids is 1. The zero-order chi connectivity index (χ0) is 13.7. The Hall–Kier alpha value is -2.68. The third kappa shape index (κ3) is 1.40. The average Bonchev–Trinajstić information content (AvgIpc) is 2.96. The summed E-state index contributed by atoms with van der Waals surface area (Å²) in [5.74, 6) is 0.576. The van der Waals surface area contributed by atoms with Crippen molar-refractivity contribution in [3.05, 3.63) is 65.4 Å². The zero-order valence-corrected chi connectivity index (χ0v) is 10.9. The molecule has 0 N–H and O–H groups in total. The molecule has 96 valence electrons. The van der Waals surface area contributed by atoms with E-state index < -0.39 is 6.09 Å². The molecule has 2 aromatic carbocycles. The van der Waals surface area contributed by atoms with E-state index in [-0.39, 0.29) is 0 Å². The lowest BCUT2D eigenvalue weighted by Gasteiger charge is -2.06. The largest absolute Gasteiger partial charge is 0.439 e. The van der Waals surface area contributed by atoms with Crippen LogP contribution in [0.5, 0.6) is 0 Å². The molecule has 1 aliphatic carbocycles. The predicted octanol–water partition coefficient (Wildman–Crippen LogP) is 4.04. The summed E-state index contributed by atoms with van der Waals surface area (Å²) in [6, 6.07) is 16.3. The summed E-state index contributed by atoms with van der Waals surface area (Å²) in [4.78, 5) is 15.3. The monoisotopic (exact) mass is 261 g/mol. The van der Waals surface area contributed by atoms with Gasteiger partial charge in [0.15, 0.2) is 5.76 Å². The van der Waals surface area contributed by atoms with Gasteiger partial charge in [-0.25, -0.2) is 4.79 Å². The summed E-state index contributed by atoms with van der Waals surface area (Å²) in [7, 11) is 0. The van der Waals surface area contributed by atoms with E-state index in [1.807, 2.05) is 24.3 Å². The molecule has 2 aliphatic rings. The van der Waals surface area contributed by atoms with Gasteiger partial charge >= 0.3 is 6.09 Å². The third-order valence-corrected chi connectivity index (χ3v) is 3.69. The Labute approximate surface area is 116 Å². The number of benzene rings is 2. The molecule has 1 heterocycles. The third-order valence-electron chi connectivity index (χ3n) is 3.69. The summed E-state index contributed by atoms with van der Waals surface area (Å²) >= 11 is 0. The highest BCUT2D eigenvalue weighted by Crippen LogP contribution is 2.46. The number of aliphatic imine (C=N–C) groups is 1. The Balaban J connectivity index is 2.09. The van der Waals surface area contributed by atoms with Crippen LogP contribution in [0.25, 0.3) is 16.7 Å². The number of fused-ring (bicyclic) bond motifs is 3. The number of ether oxygens (including phenoxy) is 1. The quantitative estimate of drug-likeness (QED) is 0.612. The summed E-state index contributed by atoms with van der Waals surface area (Å²) < 4.78 is 5.31. The van der Waals surface area contributed by atoms with Gasteiger partial charge < -0.3 is 4.74 Å². The molecule has 3 nitrogen and oxygen atoms in total. The van der Waals surface area contributed by atoms with Gasteiger partial charge in [0.05, 0.1) is 5.71 Å². The first-order chi connectivity index (χ1) is 9.75. The van der Waals surface area contributed by atoms with Crippen LogP contribution >= 0.6 is 0 Å². The number of allylic oxidation sites excluding steroid dienone is 1. The minimum Gasteiger partial charge on any atom is -0.406 e. The molecule has 0 aromatic heterocycles. The SMILES string of the molecule is CC1=NC(=O)OC1=C1c2ccccc2-c2ccccc21. The van der Waals surface area contributed by atoms with Gasteiger partial charge in [-0.3, -0.25) is 0 Å². The molecule has 0 saturated carbocycles. The van der Waals surface area contributed by atoms with Crippen LogP contribution in [0.1, 0.15) is 18.1 Å². The molecule has 4 rings (SSSR count). The van der Waals surface area contributed by atoms with E-state index in [1.165, 1.54) is 11.1 Å². The molecule has 0 spiro atoms. The predicted molar refractivity (Wildman–Crippen MR) is 77.5 cm³/mol. The average molecular weight is 261 g/mol. The molecule has 0 saturated heterocycles. The van der Waals surface area contributed by atoms with E-state index in [4.69, 9.17) is 4.74 Å². The van der Waals surface area contributed by atoms with Crippen molar-refractivity contribution in [2.24, 2.45) is 4.99 Å². The van der Waals surface area contributed by atoms with Gasteiger partial charge in [0.1, 0.15) is 0 Å². The fraction of sp³-hybridized carbons (Fsp3) is 0.0588. The highest BCUT2D eigenvalue weighted by atomic mass is 16.6. The smallest absolute Gasteiger partial charge is 0.406 e. The van der Waals surface area contributed by atoms with Crippen LogP contribution in [0.3, 0.4) is 0 Å². The lowest BCUT2D eigenvalue weighted by atomic mass is 10.0. The second kappa shape index (κ2) is 3.90. The second-order valence-electron chi connectivity index (χ2n) is 4.86. The lowest BCUT2D eigenvalue weighted by Crippen LogP contribution is -1.99. The van der Waals surface area contributed by atoms with Crippen LogP contribution in [0.4, 0.5) is 4.79 Å². The molecule has 20 heavy (non-hydrogen) atoms. The zero-order valence-electron chi connectivity index (χ0n) is 10.9. The van der Waals surface area contributed by atoms with Crippen LogP contribution in [0.15, 0.2) is 59.3 Å². The van der Waals surface area contributed by atoms with Crippen LogP contribution in [0.2, 0.25) is 0 Å². The molecule has 0 unspecified atom stereocenters. The number of cyclic esters (lactones) is 1. The van der Waals surface area contributed by atoms with Gasteiger partial charge in [0, 0.05) is 5.57 Å². The Bertz CT molecular complexity index is 768. The molecule has 0 fully saturated rings. The number of rotatable bonds is 0. The van der Waals surface area contributed by atoms with Crippen molar-refractivity contribution in [3.8, 4) is 11.1 Å². The van der Waals surface area contributed by atoms with Crippen molar-refractivity contribution >= 4 is 17.4 Å². The highest BCUT2D eigenvalue weighted by Gasteiger charge is 2.31. The summed E-state index contributed by atoms with van der Waals surface area (Å²) in [6.07, 6.45) is -0.535. The molecular weight excluding hydrogens is 250 g/mol. The van der Waals surface area contributed by atoms with E-state index in [2.05, 4.69) is 29.3 Å². The van der Waals surface area contributed by atoms with Crippen molar-refractivity contribution in [1.29, 1.82) is 0 Å². The fourth-order valence-corrected chi connectivity index (χ4v) is 2.87. The molecule has 0 bridgehead atoms. The van der Waals surface area contributed by atoms with Crippen LogP contribution < -0.4 is 0 Å². The number of hydrogen-bond acceptors (Lipinski definition) is 2. The molecular formula is C17H11NO2. The van der Waals surface area contributed by atoms with Crippen molar-refractivity contribution in [1.82, 2.24) is 0 Å². The summed E-state index contributed by atoms with van der Waals surface area (Å²) in [5, 5.41) is 0. The van der Waals surface area contributed by atoms with E-state index in [0.717, 1.165) is 16.7 Å². The van der Waals surface area contributed by atoms with Gasteiger partial charge in [0.25, 0.3) is 0 Å². The standard InChI is InChI=1S/C17H11NO2/c1-10-16(20-17(19)18-10)15-13-8-4-2-6-11(13)12-7-3-5-9-14(12)15/h2-9H,1H3. The first-order valence-corrected chi connectivity index (χ1v) is 6.46. The van der Waals surface area contributed by atoms with Gasteiger partial charge in [-0.15, -0.1) is 0 Å². The Morgan fingerprint density at radius 3 is 1.80 bits per heavy atom. The summed E-state index contributed by atoms with van der Waals surface area (Å²) in [5.41, 5.74) is 6.11. The fourth-order valence-electron chi connectivity index (χ4n) is 2.87. The molecule has 1 amide bonds. The first-order valence-electron chi connectivity index (χ1n) is 6.46. The number of amides is 1. The maximum absolute atomic E-state index is 11.4. The number of hydrogen-bond donors (Lipinski definition) is 0.